The van der Waals surface area contributed by atoms with Crippen LogP contribution in [-0.4, -0.2) is 77.8 Å². The first-order valence-electron chi connectivity index (χ1n) is 6.89. The predicted octanol–water partition coefficient (Wildman–Crippen LogP) is 0.350. The molecule has 5 nitrogen and oxygen atoms in total. The monoisotopic (exact) mass is 260 g/mol. The summed E-state index contributed by atoms with van der Waals surface area (Å²) >= 11 is 0. The lowest BCUT2D eigenvalue weighted by atomic mass is 10.5. The van der Waals surface area contributed by atoms with E-state index >= 15 is 0 Å². The average Bonchev–Trinajstić information content (AvgIpc) is 3.17. The standard InChI is InChI=1S/C13H28N2O3/c1-15(6-5-14-13-3-4-13)7-8-17-11-12-18-10-9-16-2/h13-14H,3-12H2,1-2H3. The van der Waals surface area contributed by atoms with Crippen molar-refractivity contribution in [2.45, 2.75) is 18.9 Å². The van der Waals surface area contributed by atoms with Gasteiger partial charge in [0, 0.05) is 32.8 Å². The number of methoxy groups -OCH3 is 1. The lowest BCUT2D eigenvalue weighted by molar-refractivity contribution is 0.0209. The quantitative estimate of drug-likeness (QED) is 0.484. The third-order valence-corrected chi connectivity index (χ3v) is 2.93. The Labute approximate surface area is 111 Å². The third-order valence-electron chi connectivity index (χ3n) is 2.93. The van der Waals surface area contributed by atoms with Gasteiger partial charge < -0.3 is 24.4 Å². The fourth-order valence-corrected chi connectivity index (χ4v) is 1.54. The van der Waals surface area contributed by atoms with E-state index in [0.717, 1.165) is 32.3 Å². The van der Waals surface area contributed by atoms with Crippen molar-refractivity contribution in [3.63, 3.8) is 0 Å². The molecule has 1 saturated carbocycles. The minimum absolute atomic E-state index is 0.645. The Morgan fingerprint density at radius 2 is 1.67 bits per heavy atom. The van der Waals surface area contributed by atoms with Crippen molar-refractivity contribution in [1.82, 2.24) is 10.2 Å². The van der Waals surface area contributed by atoms with Gasteiger partial charge in [-0.2, -0.15) is 0 Å². The molecule has 0 heterocycles. The van der Waals surface area contributed by atoms with Gasteiger partial charge in [-0.1, -0.05) is 0 Å². The van der Waals surface area contributed by atoms with Crippen LogP contribution in [0.4, 0.5) is 0 Å². The molecule has 1 N–H and O–H groups in total. The lowest BCUT2D eigenvalue weighted by Gasteiger charge is -2.16. The van der Waals surface area contributed by atoms with Crippen LogP contribution in [0.15, 0.2) is 0 Å². The largest absolute Gasteiger partial charge is 0.382 e. The molecule has 1 aliphatic carbocycles. The first kappa shape index (κ1) is 15.9. The SMILES string of the molecule is COCCOCCOCCN(C)CCNC1CC1. The number of nitrogens with one attached hydrogen (secondary N) is 1. The van der Waals surface area contributed by atoms with Crippen LogP contribution in [0.3, 0.4) is 0 Å². The molecule has 0 saturated heterocycles. The van der Waals surface area contributed by atoms with E-state index in [-0.39, 0.29) is 0 Å². The second-order valence-corrected chi connectivity index (χ2v) is 4.75. The molecule has 5 heteroatoms. The molecule has 0 aromatic carbocycles. The Kier molecular flexibility index (Phi) is 9.42. The molecule has 0 aliphatic heterocycles. The second-order valence-electron chi connectivity index (χ2n) is 4.75. The Balaban J connectivity index is 1.73. The molecule has 0 bridgehead atoms. The van der Waals surface area contributed by atoms with Gasteiger partial charge in [0.2, 0.25) is 0 Å². The van der Waals surface area contributed by atoms with Crippen molar-refractivity contribution in [1.29, 1.82) is 0 Å². The summed E-state index contributed by atoms with van der Waals surface area (Å²) in [7, 11) is 3.81. The summed E-state index contributed by atoms with van der Waals surface area (Å²) in [5.74, 6) is 0. The Hall–Kier alpha value is -0.200. The molecule has 0 radical (unpaired) electrons. The highest BCUT2D eigenvalue weighted by Crippen LogP contribution is 2.17. The number of ether oxygens (including phenoxy) is 3. The van der Waals surface area contributed by atoms with Crippen molar-refractivity contribution in [2.24, 2.45) is 0 Å². The summed E-state index contributed by atoms with van der Waals surface area (Å²) in [5.41, 5.74) is 0. The summed E-state index contributed by atoms with van der Waals surface area (Å²) in [6.07, 6.45) is 2.71. The molecule has 0 atom stereocenters. The molecule has 0 amide bonds. The summed E-state index contributed by atoms with van der Waals surface area (Å²) in [6.45, 7) is 6.53. The Morgan fingerprint density at radius 3 is 2.33 bits per heavy atom. The fraction of sp³-hybridized carbons (Fsp3) is 1.00. The highest BCUT2D eigenvalue weighted by atomic mass is 16.5. The van der Waals surface area contributed by atoms with Crippen molar-refractivity contribution < 1.29 is 14.2 Å². The topological polar surface area (TPSA) is 43.0 Å². The van der Waals surface area contributed by atoms with Crippen LogP contribution < -0.4 is 5.32 Å². The van der Waals surface area contributed by atoms with E-state index in [9.17, 15) is 0 Å². The minimum Gasteiger partial charge on any atom is -0.382 e. The zero-order valence-electron chi connectivity index (χ0n) is 11.8. The lowest BCUT2D eigenvalue weighted by Crippen LogP contribution is -2.32. The van der Waals surface area contributed by atoms with Gasteiger partial charge >= 0.3 is 0 Å². The smallest absolute Gasteiger partial charge is 0.0701 e. The number of rotatable bonds is 13. The molecule has 1 aliphatic rings. The molecular formula is C13H28N2O3. The first-order chi connectivity index (χ1) is 8.83. The molecule has 0 spiro atoms. The summed E-state index contributed by atoms with van der Waals surface area (Å²) in [6, 6.07) is 0.805. The van der Waals surface area contributed by atoms with Crippen LogP contribution in [0, 0.1) is 0 Å². The van der Waals surface area contributed by atoms with Gasteiger partial charge in [-0.3, -0.25) is 0 Å². The molecular weight excluding hydrogens is 232 g/mol. The van der Waals surface area contributed by atoms with E-state index in [1.165, 1.54) is 12.8 Å². The van der Waals surface area contributed by atoms with Gasteiger partial charge in [0.1, 0.15) is 0 Å². The van der Waals surface area contributed by atoms with Gasteiger partial charge in [-0.15, -0.1) is 0 Å². The van der Waals surface area contributed by atoms with E-state index in [2.05, 4.69) is 17.3 Å². The maximum atomic E-state index is 5.50. The van der Waals surface area contributed by atoms with Gasteiger partial charge in [-0.05, 0) is 19.9 Å². The average molecular weight is 260 g/mol. The van der Waals surface area contributed by atoms with Crippen molar-refractivity contribution in [3.8, 4) is 0 Å². The molecule has 1 rings (SSSR count). The number of nitrogens with zero attached hydrogens (tertiary/aromatic N) is 1. The maximum absolute atomic E-state index is 5.50. The number of hydrogen-bond donors (Lipinski definition) is 1. The minimum atomic E-state index is 0.645. The van der Waals surface area contributed by atoms with Gasteiger partial charge in [-0.25, -0.2) is 0 Å². The van der Waals surface area contributed by atoms with Crippen molar-refractivity contribution in [2.75, 3.05) is 66.8 Å². The second kappa shape index (κ2) is 10.7. The van der Waals surface area contributed by atoms with Crippen LogP contribution in [0.1, 0.15) is 12.8 Å². The van der Waals surface area contributed by atoms with E-state index in [4.69, 9.17) is 14.2 Å². The maximum Gasteiger partial charge on any atom is 0.0701 e. The molecule has 0 unspecified atom stereocenters. The summed E-state index contributed by atoms with van der Waals surface area (Å²) in [5, 5.41) is 3.50. The molecule has 18 heavy (non-hydrogen) atoms. The van der Waals surface area contributed by atoms with Crippen LogP contribution in [0.5, 0.6) is 0 Å². The molecule has 0 aromatic heterocycles. The molecule has 0 aromatic rings. The van der Waals surface area contributed by atoms with Crippen molar-refractivity contribution >= 4 is 0 Å². The van der Waals surface area contributed by atoms with Gasteiger partial charge in [0.25, 0.3) is 0 Å². The van der Waals surface area contributed by atoms with Crippen molar-refractivity contribution in [3.05, 3.63) is 0 Å². The Morgan fingerprint density at radius 1 is 1.00 bits per heavy atom. The highest BCUT2D eigenvalue weighted by molar-refractivity contribution is 4.80. The van der Waals surface area contributed by atoms with Crippen LogP contribution in [0.25, 0.3) is 0 Å². The Bertz CT molecular complexity index is 189. The van der Waals surface area contributed by atoms with Gasteiger partial charge in [0.15, 0.2) is 0 Å². The normalized spacial score (nSPS) is 15.5. The predicted molar refractivity (Wildman–Crippen MR) is 72.0 cm³/mol. The summed E-state index contributed by atoms with van der Waals surface area (Å²) < 4.78 is 15.7. The zero-order chi connectivity index (χ0) is 13.1. The van der Waals surface area contributed by atoms with Gasteiger partial charge in [0.05, 0.1) is 33.0 Å². The van der Waals surface area contributed by atoms with Crippen LogP contribution in [-0.2, 0) is 14.2 Å². The number of likely N-dealkylation sites (N-methyl/N-ethyl adjacent to an activating group) is 1. The zero-order valence-corrected chi connectivity index (χ0v) is 11.8. The number of hydrogen-bond acceptors (Lipinski definition) is 5. The van der Waals surface area contributed by atoms with E-state index in [1.807, 2.05) is 0 Å². The first-order valence-corrected chi connectivity index (χ1v) is 6.89. The summed E-state index contributed by atoms with van der Waals surface area (Å²) in [4.78, 5) is 2.29. The fourth-order valence-electron chi connectivity index (χ4n) is 1.54. The third kappa shape index (κ3) is 9.79. The molecule has 1 fully saturated rings. The van der Waals surface area contributed by atoms with E-state index in [0.29, 0.717) is 26.4 Å². The molecule has 108 valence electrons. The van der Waals surface area contributed by atoms with Crippen LogP contribution in [0.2, 0.25) is 0 Å². The van der Waals surface area contributed by atoms with E-state index < -0.39 is 0 Å². The van der Waals surface area contributed by atoms with Crippen LogP contribution >= 0.6 is 0 Å². The highest BCUT2D eigenvalue weighted by Gasteiger charge is 2.19. The van der Waals surface area contributed by atoms with E-state index in [1.54, 1.807) is 7.11 Å².